The zero-order valence-electron chi connectivity index (χ0n) is 17.2. The van der Waals surface area contributed by atoms with Crippen LogP contribution in [0.3, 0.4) is 0 Å². The fourth-order valence-electron chi connectivity index (χ4n) is 3.58. The number of rotatable bonds is 5. The summed E-state index contributed by atoms with van der Waals surface area (Å²) < 4.78 is 14.8. The number of nitrogens with zero attached hydrogens (tertiary/aromatic N) is 2. The van der Waals surface area contributed by atoms with Crippen LogP contribution in [0, 0.1) is 5.82 Å². The largest absolute Gasteiger partial charge is 0.340 e. The summed E-state index contributed by atoms with van der Waals surface area (Å²) in [6.45, 7) is 3.69. The van der Waals surface area contributed by atoms with Gasteiger partial charge in [-0.3, -0.25) is 9.59 Å². The average molecular weight is 415 g/mol. The number of carbonyl (C=O) groups excluding carboxylic acids is 1. The van der Waals surface area contributed by atoms with Gasteiger partial charge in [0.15, 0.2) is 5.69 Å². The summed E-state index contributed by atoms with van der Waals surface area (Å²) >= 11 is 0. The monoisotopic (exact) mass is 415 g/mol. The van der Waals surface area contributed by atoms with E-state index >= 15 is 0 Å². The first-order valence-corrected chi connectivity index (χ1v) is 10.1. The molecule has 0 aliphatic rings. The molecule has 0 bridgehead atoms. The lowest BCUT2D eigenvalue weighted by molar-refractivity contribution is 0.0937. The number of hydrogen-bond donors (Lipinski definition) is 1. The molecule has 5 nitrogen and oxygen atoms in total. The van der Waals surface area contributed by atoms with Crippen LogP contribution in [0.15, 0.2) is 83.7 Å². The van der Waals surface area contributed by atoms with Crippen LogP contribution in [-0.2, 0) is 0 Å². The number of carbonyl (C=O) groups is 1. The molecule has 6 heteroatoms. The maximum atomic E-state index is 13.5. The highest BCUT2D eigenvalue weighted by Gasteiger charge is 2.22. The molecule has 1 amide bonds. The van der Waals surface area contributed by atoms with Gasteiger partial charge in [0, 0.05) is 5.39 Å². The van der Waals surface area contributed by atoms with E-state index in [0.717, 1.165) is 11.1 Å². The van der Waals surface area contributed by atoms with Crippen molar-refractivity contribution in [3.63, 3.8) is 0 Å². The van der Waals surface area contributed by atoms with Crippen LogP contribution in [0.25, 0.3) is 10.8 Å². The van der Waals surface area contributed by atoms with Crippen molar-refractivity contribution in [2.24, 2.45) is 0 Å². The molecule has 3 aromatic carbocycles. The maximum absolute atomic E-state index is 13.5. The number of aromatic nitrogens is 2. The first-order chi connectivity index (χ1) is 15.0. The second kappa shape index (κ2) is 8.52. The summed E-state index contributed by atoms with van der Waals surface area (Å²) in [5.41, 5.74) is 1.53. The van der Waals surface area contributed by atoms with Gasteiger partial charge in [-0.05, 0) is 43.2 Å². The van der Waals surface area contributed by atoms with Crippen LogP contribution in [0.2, 0.25) is 0 Å². The lowest BCUT2D eigenvalue weighted by atomic mass is 9.98. The lowest BCUT2D eigenvalue weighted by Crippen LogP contribution is -2.34. The molecule has 1 heterocycles. The summed E-state index contributed by atoms with van der Waals surface area (Å²) in [4.78, 5) is 26.2. The number of hydrogen-bond acceptors (Lipinski definition) is 3. The molecule has 4 aromatic rings. The zero-order chi connectivity index (χ0) is 22.0. The Balaban J connectivity index is 1.81. The molecule has 4 rings (SSSR count). The Hall–Kier alpha value is -3.80. The molecular weight excluding hydrogens is 393 g/mol. The van der Waals surface area contributed by atoms with Crippen molar-refractivity contribution in [2.75, 3.05) is 0 Å². The van der Waals surface area contributed by atoms with Gasteiger partial charge in [0.05, 0.1) is 17.5 Å². The van der Waals surface area contributed by atoms with Gasteiger partial charge in [-0.15, -0.1) is 0 Å². The Labute approximate surface area is 179 Å². The van der Waals surface area contributed by atoms with Crippen molar-refractivity contribution < 1.29 is 9.18 Å². The molecule has 0 aliphatic heterocycles. The molecule has 1 aromatic heterocycles. The molecular formula is C25H22FN3O2. The van der Waals surface area contributed by atoms with Crippen LogP contribution >= 0.6 is 0 Å². The fraction of sp³-hybridized carbons (Fsp3) is 0.160. The Kier molecular flexibility index (Phi) is 5.62. The molecule has 1 unspecified atom stereocenters. The third-order valence-corrected chi connectivity index (χ3v) is 5.14. The van der Waals surface area contributed by atoms with Crippen LogP contribution in [0.4, 0.5) is 4.39 Å². The average Bonchev–Trinajstić information content (AvgIpc) is 2.79. The van der Waals surface area contributed by atoms with E-state index in [9.17, 15) is 14.0 Å². The van der Waals surface area contributed by atoms with Crippen molar-refractivity contribution in [3.05, 3.63) is 112 Å². The Morgan fingerprint density at radius 2 is 1.45 bits per heavy atom. The lowest BCUT2D eigenvalue weighted by Gasteiger charge is -2.21. The molecule has 31 heavy (non-hydrogen) atoms. The van der Waals surface area contributed by atoms with Gasteiger partial charge in [-0.2, -0.15) is 5.10 Å². The number of amides is 1. The third-order valence-electron chi connectivity index (χ3n) is 5.14. The molecule has 0 spiro atoms. The number of fused-ring (bicyclic) bond motifs is 1. The molecule has 0 aliphatic carbocycles. The molecule has 0 saturated carbocycles. The minimum Gasteiger partial charge on any atom is -0.340 e. The molecule has 1 N–H and O–H groups in total. The van der Waals surface area contributed by atoms with Crippen molar-refractivity contribution >= 4 is 16.7 Å². The summed E-state index contributed by atoms with van der Waals surface area (Å²) in [7, 11) is 0. The standard InChI is InChI=1S/C25H22FN3O2/c1-16(2)29-25(31)21-11-7-6-10-20(21)23(28-29)24(30)27-22(17-8-4-3-5-9-17)18-12-14-19(26)15-13-18/h3-16,22H,1-2H3,(H,27,30). The van der Waals surface area contributed by atoms with Gasteiger partial charge in [-0.1, -0.05) is 60.7 Å². The van der Waals surface area contributed by atoms with Crippen LogP contribution in [0.1, 0.15) is 47.5 Å². The fourth-order valence-corrected chi connectivity index (χ4v) is 3.58. The van der Waals surface area contributed by atoms with E-state index in [1.807, 2.05) is 44.2 Å². The summed E-state index contributed by atoms with van der Waals surface area (Å²) in [5.74, 6) is -0.762. The van der Waals surface area contributed by atoms with Crippen molar-refractivity contribution in [2.45, 2.75) is 25.9 Å². The van der Waals surface area contributed by atoms with Crippen LogP contribution in [-0.4, -0.2) is 15.7 Å². The smallest absolute Gasteiger partial charge is 0.274 e. The number of nitrogens with one attached hydrogen (secondary N) is 1. The van der Waals surface area contributed by atoms with Gasteiger partial charge in [-0.25, -0.2) is 9.07 Å². The van der Waals surface area contributed by atoms with Gasteiger partial charge in [0.2, 0.25) is 0 Å². The molecule has 156 valence electrons. The summed E-state index contributed by atoms with van der Waals surface area (Å²) in [5, 5.41) is 8.34. The normalized spacial score (nSPS) is 12.1. The predicted octanol–water partition coefficient (Wildman–Crippen LogP) is 4.64. The Morgan fingerprint density at radius 1 is 0.871 bits per heavy atom. The van der Waals surface area contributed by atoms with Gasteiger partial charge >= 0.3 is 0 Å². The maximum Gasteiger partial charge on any atom is 0.274 e. The summed E-state index contributed by atoms with van der Waals surface area (Å²) in [6, 6.07) is 21.7. The van der Waals surface area contributed by atoms with E-state index in [1.165, 1.54) is 16.8 Å². The first kappa shape index (κ1) is 20.5. The SMILES string of the molecule is CC(C)n1nc(C(=O)NC(c2ccccc2)c2ccc(F)cc2)c2ccccc2c1=O. The summed E-state index contributed by atoms with van der Waals surface area (Å²) in [6.07, 6.45) is 0. The molecule has 0 fully saturated rings. The second-order valence-corrected chi connectivity index (χ2v) is 7.61. The minimum absolute atomic E-state index is 0.173. The predicted molar refractivity (Wildman–Crippen MR) is 119 cm³/mol. The highest BCUT2D eigenvalue weighted by Crippen LogP contribution is 2.24. The van der Waals surface area contributed by atoms with Crippen LogP contribution in [0.5, 0.6) is 0 Å². The van der Waals surface area contributed by atoms with E-state index < -0.39 is 11.9 Å². The molecule has 0 saturated heterocycles. The van der Waals surface area contributed by atoms with Gasteiger partial charge in [0.1, 0.15) is 5.82 Å². The van der Waals surface area contributed by atoms with Gasteiger partial charge in [0.25, 0.3) is 11.5 Å². The Bertz CT molecular complexity index is 1280. The quantitative estimate of drug-likeness (QED) is 0.517. The Morgan fingerprint density at radius 3 is 2.10 bits per heavy atom. The molecule has 1 atom stereocenters. The number of benzene rings is 3. The highest BCUT2D eigenvalue weighted by molar-refractivity contribution is 6.05. The highest BCUT2D eigenvalue weighted by atomic mass is 19.1. The van der Waals surface area contributed by atoms with E-state index in [4.69, 9.17) is 0 Å². The van der Waals surface area contributed by atoms with E-state index in [2.05, 4.69) is 10.4 Å². The number of halogens is 1. The molecule has 0 radical (unpaired) electrons. The van der Waals surface area contributed by atoms with E-state index in [1.54, 1.807) is 36.4 Å². The first-order valence-electron chi connectivity index (χ1n) is 10.1. The van der Waals surface area contributed by atoms with Crippen LogP contribution < -0.4 is 10.9 Å². The minimum atomic E-state index is -0.505. The van der Waals surface area contributed by atoms with E-state index in [-0.39, 0.29) is 23.1 Å². The van der Waals surface area contributed by atoms with Crippen molar-refractivity contribution in [1.29, 1.82) is 0 Å². The van der Waals surface area contributed by atoms with Crippen molar-refractivity contribution in [1.82, 2.24) is 15.1 Å². The third kappa shape index (κ3) is 4.10. The second-order valence-electron chi connectivity index (χ2n) is 7.61. The zero-order valence-corrected chi connectivity index (χ0v) is 17.2. The van der Waals surface area contributed by atoms with E-state index in [0.29, 0.717) is 10.8 Å². The van der Waals surface area contributed by atoms with Gasteiger partial charge < -0.3 is 5.32 Å². The van der Waals surface area contributed by atoms with Crippen molar-refractivity contribution in [3.8, 4) is 0 Å². The topological polar surface area (TPSA) is 64.0 Å².